The van der Waals surface area contributed by atoms with Crippen LogP contribution in [0.1, 0.15) is 10.9 Å². The van der Waals surface area contributed by atoms with Crippen molar-refractivity contribution in [3.05, 3.63) is 52.2 Å². The summed E-state index contributed by atoms with van der Waals surface area (Å²) in [5, 5.41) is 6.62. The van der Waals surface area contributed by atoms with Gasteiger partial charge >= 0.3 is 11.8 Å². The van der Waals surface area contributed by atoms with Crippen molar-refractivity contribution in [2.24, 2.45) is 0 Å². The number of halogens is 2. The van der Waals surface area contributed by atoms with Crippen LogP contribution in [0.25, 0.3) is 0 Å². The van der Waals surface area contributed by atoms with E-state index in [1.54, 1.807) is 11.3 Å². The zero-order valence-electron chi connectivity index (χ0n) is 14.4. The molecular weight excluding hydrogens is 376 g/mol. The van der Waals surface area contributed by atoms with E-state index in [9.17, 15) is 18.4 Å². The van der Waals surface area contributed by atoms with Crippen LogP contribution in [-0.4, -0.2) is 49.6 Å². The first-order chi connectivity index (χ1) is 13.0. The molecule has 0 saturated carbocycles. The van der Waals surface area contributed by atoms with Crippen LogP contribution in [0.5, 0.6) is 0 Å². The summed E-state index contributed by atoms with van der Waals surface area (Å²) in [6.07, 6.45) is 0. The van der Waals surface area contributed by atoms with E-state index in [0.29, 0.717) is 13.2 Å². The molecule has 2 amide bonds. The van der Waals surface area contributed by atoms with E-state index in [-0.39, 0.29) is 18.3 Å². The third-order valence-electron chi connectivity index (χ3n) is 4.20. The molecule has 2 heterocycles. The number of rotatable bonds is 5. The predicted octanol–water partition coefficient (Wildman–Crippen LogP) is 2.15. The van der Waals surface area contributed by atoms with Gasteiger partial charge in [0.1, 0.15) is 11.6 Å². The number of nitrogens with one attached hydrogen (secondary N) is 2. The maximum Gasteiger partial charge on any atom is 0.313 e. The van der Waals surface area contributed by atoms with Crippen molar-refractivity contribution in [1.82, 2.24) is 10.2 Å². The molecular formula is C18H19F2N3O3S. The van der Waals surface area contributed by atoms with Gasteiger partial charge in [-0.25, -0.2) is 8.78 Å². The van der Waals surface area contributed by atoms with Crippen LogP contribution >= 0.6 is 11.3 Å². The lowest BCUT2D eigenvalue weighted by Gasteiger charge is -2.34. The van der Waals surface area contributed by atoms with Crippen molar-refractivity contribution in [3.8, 4) is 0 Å². The lowest BCUT2D eigenvalue weighted by molar-refractivity contribution is -0.136. The maximum absolute atomic E-state index is 13.6. The van der Waals surface area contributed by atoms with E-state index in [1.165, 1.54) is 0 Å². The fourth-order valence-electron chi connectivity index (χ4n) is 2.82. The number of carbonyl (C=O) groups excluding carboxylic acids is 2. The van der Waals surface area contributed by atoms with Crippen molar-refractivity contribution in [2.45, 2.75) is 6.04 Å². The molecule has 9 heteroatoms. The molecule has 1 atom stereocenters. The highest BCUT2D eigenvalue weighted by Gasteiger charge is 2.25. The van der Waals surface area contributed by atoms with Gasteiger partial charge in [0, 0.05) is 30.6 Å². The van der Waals surface area contributed by atoms with Crippen LogP contribution in [0.15, 0.2) is 35.7 Å². The molecule has 1 aliphatic heterocycles. The number of amides is 2. The SMILES string of the molecule is O=C(NC[C@H](c1cccs1)N1CCOCC1)C(=O)Nc1cc(F)ccc1F. The Morgan fingerprint density at radius 3 is 2.67 bits per heavy atom. The summed E-state index contributed by atoms with van der Waals surface area (Å²) in [7, 11) is 0. The summed E-state index contributed by atoms with van der Waals surface area (Å²) < 4.78 is 32.2. The molecule has 0 aliphatic carbocycles. The van der Waals surface area contributed by atoms with Crippen LogP contribution in [0.2, 0.25) is 0 Å². The standard InChI is InChI=1S/C18H19F2N3O3S/c19-12-3-4-13(20)14(10-12)22-18(25)17(24)21-11-15(16-2-1-9-27-16)23-5-7-26-8-6-23/h1-4,9-10,15H,5-8,11H2,(H,21,24)(H,22,25)/t15-/m1/s1. The second-order valence-corrected chi connectivity index (χ2v) is 6.95. The molecule has 0 spiro atoms. The van der Waals surface area contributed by atoms with Crippen molar-refractivity contribution >= 4 is 28.8 Å². The van der Waals surface area contributed by atoms with Crippen LogP contribution in [0.4, 0.5) is 14.5 Å². The topological polar surface area (TPSA) is 70.7 Å². The van der Waals surface area contributed by atoms with E-state index in [2.05, 4.69) is 15.5 Å². The van der Waals surface area contributed by atoms with E-state index in [4.69, 9.17) is 4.74 Å². The molecule has 1 aromatic heterocycles. The number of morpholine rings is 1. The van der Waals surface area contributed by atoms with Gasteiger partial charge in [-0.05, 0) is 23.6 Å². The Morgan fingerprint density at radius 2 is 1.96 bits per heavy atom. The number of hydrogen-bond donors (Lipinski definition) is 2. The van der Waals surface area contributed by atoms with Gasteiger partial charge in [-0.3, -0.25) is 14.5 Å². The monoisotopic (exact) mass is 395 g/mol. The van der Waals surface area contributed by atoms with Crippen molar-refractivity contribution in [3.63, 3.8) is 0 Å². The molecule has 3 rings (SSSR count). The Hall–Kier alpha value is -2.36. The Labute approximate surface area is 159 Å². The van der Waals surface area contributed by atoms with E-state index in [0.717, 1.165) is 36.2 Å². The lowest BCUT2D eigenvalue weighted by Crippen LogP contribution is -2.45. The van der Waals surface area contributed by atoms with E-state index >= 15 is 0 Å². The predicted molar refractivity (Wildman–Crippen MR) is 97.4 cm³/mol. The van der Waals surface area contributed by atoms with Crippen molar-refractivity contribution in [1.29, 1.82) is 0 Å². The molecule has 0 unspecified atom stereocenters. The average Bonchev–Trinajstić information content (AvgIpc) is 3.20. The molecule has 0 bridgehead atoms. The number of hydrogen-bond acceptors (Lipinski definition) is 5. The zero-order valence-corrected chi connectivity index (χ0v) is 15.2. The molecule has 1 fully saturated rings. The van der Waals surface area contributed by atoms with Crippen LogP contribution < -0.4 is 10.6 Å². The fraction of sp³-hybridized carbons (Fsp3) is 0.333. The summed E-state index contributed by atoms with van der Waals surface area (Å²) in [5.74, 6) is -3.49. The number of ether oxygens (including phenoxy) is 1. The highest BCUT2D eigenvalue weighted by molar-refractivity contribution is 7.10. The summed E-state index contributed by atoms with van der Waals surface area (Å²) >= 11 is 1.57. The van der Waals surface area contributed by atoms with Gasteiger partial charge < -0.3 is 15.4 Å². The molecule has 27 heavy (non-hydrogen) atoms. The van der Waals surface area contributed by atoms with Gasteiger partial charge in [0.25, 0.3) is 0 Å². The third-order valence-corrected chi connectivity index (χ3v) is 5.17. The molecule has 2 N–H and O–H groups in total. The fourth-order valence-corrected chi connectivity index (χ4v) is 3.68. The zero-order chi connectivity index (χ0) is 19.2. The first-order valence-electron chi connectivity index (χ1n) is 8.44. The Bertz CT molecular complexity index is 795. The minimum Gasteiger partial charge on any atom is -0.379 e. The third kappa shape index (κ3) is 5.09. The van der Waals surface area contributed by atoms with Gasteiger partial charge in [-0.15, -0.1) is 11.3 Å². The van der Waals surface area contributed by atoms with Gasteiger partial charge in [0.15, 0.2) is 0 Å². The molecule has 1 aliphatic rings. The Morgan fingerprint density at radius 1 is 1.19 bits per heavy atom. The molecule has 1 aromatic carbocycles. The highest BCUT2D eigenvalue weighted by Crippen LogP contribution is 2.25. The average molecular weight is 395 g/mol. The maximum atomic E-state index is 13.6. The lowest BCUT2D eigenvalue weighted by atomic mass is 10.2. The van der Waals surface area contributed by atoms with E-state index < -0.39 is 23.4 Å². The van der Waals surface area contributed by atoms with Gasteiger partial charge in [-0.1, -0.05) is 6.07 Å². The van der Waals surface area contributed by atoms with Gasteiger partial charge in [-0.2, -0.15) is 0 Å². The van der Waals surface area contributed by atoms with Gasteiger partial charge in [0.2, 0.25) is 0 Å². The van der Waals surface area contributed by atoms with Crippen molar-refractivity contribution < 1.29 is 23.1 Å². The Balaban J connectivity index is 1.61. The summed E-state index contributed by atoms with van der Waals surface area (Å²) in [5.41, 5.74) is -0.377. The molecule has 0 radical (unpaired) electrons. The van der Waals surface area contributed by atoms with Crippen LogP contribution in [0.3, 0.4) is 0 Å². The first kappa shape index (κ1) is 19.4. The van der Waals surface area contributed by atoms with Crippen LogP contribution in [0, 0.1) is 11.6 Å². The number of thiophene rings is 1. The minimum absolute atomic E-state index is 0.0865. The quantitative estimate of drug-likeness (QED) is 0.762. The summed E-state index contributed by atoms with van der Waals surface area (Å²) in [6, 6.07) is 6.44. The van der Waals surface area contributed by atoms with E-state index in [1.807, 2.05) is 17.5 Å². The molecule has 2 aromatic rings. The summed E-state index contributed by atoms with van der Waals surface area (Å²) in [6.45, 7) is 2.88. The smallest absolute Gasteiger partial charge is 0.313 e. The van der Waals surface area contributed by atoms with Gasteiger partial charge in [0.05, 0.1) is 24.9 Å². The summed E-state index contributed by atoms with van der Waals surface area (Å²) in [4.78, 5) is 27.4. The second-order valence-electron chi connectivity index (χ2n) is 5.97. The second kappa shape index (κ2) is 9.03. The molecule has 1 saturated heterocycles. The Kier molecular flexibility index (Phi) is 6.49. The normalized spacial score (nSPS) is 15.9. The van der Waals surface area contributed by atoms with Crippen LogP contribution in [-0.2, 0) is 14.3 Å². The number of benzene rings is 1. The number of anilines is 1. The first-order valence-corrected chi connectivity index (χ1v) is 9.32. The molecule has 144 valence electrons. The number of nitrogens with zero attached hydrogens (tertiary/aromatic N) is 1. The minimum atomic E-state index is -1.05. The largest absolute Gasteiger partial charge is 0.379 e. The highest BCUT2D eigenvalue weighted by atomic mass is 32.1. The molecule has 6 nitrogen and oxygen atoms in total. The van der Waals surface area contributed by atoms with Crippen molar-refractivity contribution in [2.75, 3.05) is 38.2 Å². The number of carbonyl (C=O) groups is 2.